The molecule has 0 aliphatic carbocycles. The van der Waals surface area contributed by atoms with Crippen molar-refractivity contribution in [1.29, 1.82) is 0 Å². The molecule has 1 unspecified atom stereocenters. The summed E-state index contributed by atoms with van der Waals surface area (Å²) in [4.78, 5) is 36.2. The van der Waals surface area contributed by atoms with Crippen molar-refractivity contribution in [2.45, 2.75) is 46.1 Å². The number of aromatic nitrogens is 2. The maximum absolute atomic E-state index is 13.6. The normalized spacial score (nSPS) is 17.3. The average molecular weight is 526 g/mol. The van der Waals surface area contributed by atoms with Gasteiger partial charge in [-0.25, -0.2) is 4.98 Å². The number of carbonyl (C=O) groups excluding carboxylic acids is 2. The molecular formula is C31H31N3O5. The summed E-state index contributed by atoms with van der Waals surface area (Å²) < 4.78 is 5.59. The van der Waals surface area contributed by atoms with Crippen LogP contribution in [0.1, 0.15) is 56.0 Å². The Kier molecular flexibility index (Phi) is 6.42. The predicted octanol–water partition coefficient (Wildman–Crippen LogP) is 5.90. The highest BCUT2D eigenvalue weighted by atomic mass is 16.5. The molecule has 4 aromatic rings. The van der Waals surface area contributed by atoms with Crippen molar-refractivity contribution in [2.75, 3.05) is 11.5 Å². The number of rotatable bonds is 5. The summed E-state index contributed by atoms with van der Waals surface area (Å²) in [6.45, 7) is 10.1. The van der Waals surface area contributed by atoms with E-state index in [9.17, 15) is 19.8 Å². The number of nitrogens with zero attached hydrogens (tertiary/aromatic N) is 2. The number of imidazole rings is 1. The second-order valence-electron chi connectivity index (χ2n) is 10.7. The number of para-hydroxylation sites is 2. The fourth-order valence-corrected chi connectivity index (χ4v) is 4.88. The lowest BCUT2D eigenvalue weighted by molar-refractivity contribution is -0.132. The second kappa shape index (κ2) is 9.62. The molecular weight excluding hydrogens is 494 g/mol. The van der Waals surface area contributed by atoms with Crippen LogP contribution in [-0.4, -0.2) is 38.5 Å². The number of phenolic OH excluding ortho intramolecular Hbond substituents is 1. The molecule has 1 saturated heterocycles. The Morgan fingerprint density at radius 1 is 1.08 bits per heavy atom. The van der Waals surface area contributed by atoms with Crippen molar-refractivity contribution in [2.24, 2.45) is 0 Å². The number of hydrogen-bond acceptors (Lipinski definition) is 6. The monoisotopic (exact) mass is 525 g/mol. The third-order valence-electron chi connectivity index (χ3n) is 7.01. The Labute approximate surface area is 226 Å². The molecule has 1 fully saturated rings. The van der Waals surface area contributed by atoms with E-state index in [1.807, 2.05) is 43.3 Å². The predicted molar refractivity (Wildman–Crippen MR) is 150 cm³/mol. The van der Waals surface area contributed by atoms with Gasteiger partial charge in [-0.3, -0.25) is 14.5 Å². The molecule has 0 saturated carbocycles. The van der Waals surface area contributed by atoms with Gasteiger partial charge in [0.15, 0.2) is 11.5 Å². The third kappa shape index (κ3) is 4.52. The number of aromatic hydroxyl groups is 1. The number of ketones is 1. The van der Waals surface area contributed by atoms with E-state index < -0.39 is 17.7 Å². The molecule has 3 N–H and O–H groups in total. The van der Waals surface area contributed by atoms with Crippen molar-refractivity contribution in [3.63, 3.8) is 0 Å². The number of fused-ring (bicyclic) bond motifs is 1. The standard InChI is InChI=1S/C31H31N3O5/c1-6-39-24-15-18(12-14-23(24)35)26-25(27(36)20-16-19(31(3,4)5)13-11-17(20)2)28(37)29(38)34(26)30-32-21-9-7-8-10-22(21)33-30/h7-16,26,35-36H,6H2,1-5H3,(H,32,33)/b27-25+. The zero-order chi connectivity index (χ0) is 28.1. The molecule has 0 bridgehead atoms. The molecule has 1 amide bonds. The Morgan fingerprint density at radius 2 is 1.82 bits per heavy atom. The van der Waals surface area contributed by atoms with Gasteiger partial charge in [0.2, 0.25) is 5.95 Å². The molecule has 39 heavy (non-hydrogen) atoms. The maximum atomic E-state index is 13.6. The highest BCUT2D eigenvalue weighted by molar-refractivity contribution is 6.51. The number of H-pyrrole nitrogens is 1. The van der Waals surface area contributed by atoms with Gasteiger partial charge in [-0.15, -0.1) is 0 Å². The summed E-state index contributed by atoms with van der Waals surface area (Å²) in [6, 6.07) is 16.7. The molecule has 8 nitrogen and oxygen atoms in total. The first-order valence-electron chi connectivity index (χ1n) is 12.8. The van der Waals surface area contributed by atoms with Crippen molar-refractivity contribution in [3.05, 3.63) is 88.5 Å². The van der Waals surface area contributed by atoms with Gasteiger partial charge in [0.05, 0.1) is 29.3 Å². The Balaban J connectivity index is 1.77. The van der Waals surface area contributed by atoms with Crippen molar-refractivity contribution < 1.29 is 24.5 Å². The topological polar surface area (TPSA) is 116 Å². The highest BCUT2D eigenvalue weighted by Crippen LogP contribution is 2.44. The second-order valence-corrected chi connectivity index (χ2v) is 10.7. The van der Waals surface area contributed by atoms with Crippen LogP contribution in [0.4, 0.5) is 5.95 Å². The highest BCUT2D eigenvalue weighted by Gasteiger charge is 2.48. The number of amides is 1. The molecule has 1 aliphatic heterocycles. The van der Waals surface area contributed by atoms with Crippen LogP contribution in [-0.2, 0) is 15.0 Å². The first kappa shape index (κ1) is 26.0. The van der Waals surface area contributed by atoms with Crippen LogP contribution in [0.15, 0.2) is 66.2 Å². The van der Waals surface area contributed by atoms with Crippen LogP contribution in [0.25, 0.3) is 16.8 Å². The van der Waals surface area contributed by atoms with Gasteiger partial charge in [0, 0.05) is 5.56 Å². The molecule has 2 heterocycles. The molecule has 1 atom stereocenters. The summed E-state index contributed by atoms with van der Waals surface area (Å²) in [5.41, 5.74) is 3.73. The van der Waals surface area contributed by atoms with Gasteiger partial charge in [0.25, 0.3) is 5.78 Å². The SMILES string of the molecule is CCOc1cc(C2/C(=C(\O)c3cc(C(C)(C)C)ccc3C)C(=O)C(=O)N2c2nc3ccccc3[nH]2)ccc1O. The summed E-state index contributed by atoms with van der Waals surface area (Å²) in [5, 5.41) is 22.0. The average Bonchev–Trinajstić information content (AvgIpc) is 3.43. The fourth-order valence-electron chi connectivity index (χ4n) is 4.88. The number of anilines is 1. The van der Waals surface area contributed by atoms with Gasteiger partial charge in [-0.05, 0) is 66.3 Å². The minimum absolute atomic E-state index is 0.0669. The maximum Gasteiger partial charge on any atom is 0.302 e. The molecule has 8 heteroatoms. The van der Waals surface area contributed by atoms with Crippen LogP contribution in [0.3, 0.4) is 0 Å². The first-order chi connectivity index (χ1) is 18.5. The number of ether oxygens (including phenoxy) is 1. The smallest absolute Gasteiger partial charge is 0.302 e. The molecule has 1 aromatic heterocycles. The molecule has 0 radical (unpaired) electrons. The Bertz CT molecular complexity index is 1610. The number of aromatic amines is 1. The van der Waals surface area contributed by atoms with Gasteiger partial charge < -0.3 is 19.9 Å². The van der Waals surface area contributed by atoms with Gasteiger partial charge in [0.1, 0.15) is 5.76 Å². The van der Waals surface area contributed by atoms with Crippen LogP contribution < -0.4 is 9.64 Å². The molecule has 1 aliphatic rings. The number of phenols is 1. The van der Waals surface area contributed by atoms with E-state index in [0.29, 0.717) is 28.8 Å². The van der Waals surface area contributed by atoms with Gasteiger partial charge in [-0.1, -0.05) is 51.1 Å². The number of hydrogen-bond donors (Lipinski definition) is 3. The number of Topliss-reactive ketones (excluding diaryl/α,β-unsaturated/α-hetero) is 1. The minimum Gasteiger partial charge on any atom is -0.507 e. The van der Waals surface area contributed by atoms with E-state index in [1.54, 1.807) is 25.1 Å². The van der Waals surface area contributed by atoms with Crippen LogP contribution in [0.2, 0.25) is 0 Å². The minimum atomic E-state index is -1.02. The van der Waals surface area contributed by atoms with E-state index >= 15 is 0 Å². The number of aliphatic hydroxyl groups excluding tert-OH is 1. The summed E-state index contributed by atoms with van der Waals surface area (Å²) in [6.07, 6.45) is 0. The van der Waals surface area contributed by atoms with Crippen molar-refractivity contribution >= 4 is 34.4 Å². The van der Waals surface area contributed by atoms with Gasteiger partial charge in [-0.2, -0.15) is 0 Å². The van der Waals surface area contributed by atoms with Crippen molar-refractivity contribution in [3.8, 4) is 11.5 Å². The van der Waals surface area contributed by atoms with E-state index in [0.717, 1.165) is 11.1 Å². The molecule has 5 rings (SSSR count). The Morgan fingerprint density at radius 3 is 2.51 bits per heavy atom. The molecule has 3 aromatic carbocycles. The fraction of sp³-hybridized carbons (Fsp3) is 0.258. The Hall–Kier alpha value is -4.59. The quantitative estimate of drug-likeness (QED) is 0.170. The van der Waals surface area contributed by atoms with E-state index in [2.05, 4.69) is 30.7 Å². The van der Waals surface area contributed by atoms with E-state index in [1.165, 1.54) is 11.0 Å². The van der Waals surface area contributed by atoms with Gasteiger partial charge >= 0.3 is 5.91 Å². The molecule has 0 spiro atoms. The zero-order valence-corrected chi connectivity index (χ0v) is 22.6. The third-order valence-corrected chi connectivity index (χ3v) is 7.01. The number of aliphatic hydroxyl groups is 1. The summed E-state index contributed by atoms with van der Waals surface area (Å²) in [7, 11) is 0. The number of aryl methyl sites for hydroxylation is 1. The number of nitrogens with one attached hydrogen (secondary N) is 1. The van der Waals surface area contributed by atoms with Crippen molar-refractivity contribution in [1.82, 2.24) is 9.97 Å². The lowest BCUT2D eigenvalue weighted by Gasteiger charge is -2.24. The first-order valence-corrected chi connectivity index (χ1v) is 12.8. The summed E-state index contributed by atoms with van der Waals surface area (Å²) >= 11 is 0. The lowest BCUT2D eigenvalue weighted by atomic mass is 9.84. The number of benzene rings is 3. The zero-order valence-electron chi connectivity index (χ0n) is 22.6. The van der Waals surface area contributed by atoms with Crippen LogP contribution >= 0.6 is 0 Å². The van der Waals surface area contributed by atoms with Crippen LogP contribution in [0, 0.1) is 6.92 Å². The van der Waals surface area contributed by atoms with E-state index in [-0.39, 0.29) is 34.2 Å². The number of carbonyl (C=O) groups is 2. The lowest BCUT2D eigenvalue weighted by Crippen LogP contribution is -2.30. The van der Waals surface area contributed by atoms with Crippen LogP contribution in [0.5, 0.6) is 11.5 Å². The molecule has 200 valence electrons. The summed E-state index contributed by atoms with van der Waals surface area (Å²) in [5.74, 6) is -1.62. The van der Waals surface area contributed by atoms with E-state index in [4.69, 9.17) is 4.74 Å². The largest absolute Gasteiger partial charge is 0.507 e.